The van der Waals surface area contributed by atoms with Crippen molar-refractivity contribution in [2.45, 2.75) is 38.4 Å². The van der Waals surface area contributed by atoms with Crippen LogP contribution < -0.4 is 10.1 Å². The van der Waals surface area contributed by atoms with Crippen molar-refractivity contribution in [2.24, 2.45) is 0 Å². The molecule has 1 aliphatic heterocycles. The fourth-order valence-electron chi connectivity index (χ4n) is 2.69. The van der Waals surface area contributed by atoms with Crippen LogP contribution in [0.5, 0.6) is 5.88 Å². The van der Waals surface area contributed by atoms with Gasteiger partial charge in [-0.25, -0.2) is 17.7 Å². The summed E-state index contributed by atoms with van der Waals surface area (Å²) < 4.78 is 66.3. The Morgan fingerprint density at radius 2 is 2.00 bits per heavy atom. The number of alkyl halides is 3. The molecule has 152 valence electrons. The summed E-state index contributed by atoms with van der Waals surface area (Å²) in [6.45, 7) is 1.04. The largest absolute Gasteiger partial charge is 0.468 e. The van der Waals surface area contributed by atoms with Crippen molar-refractivity contribution < 1.29 is 31.1 Å². The molecule has 1 aromatic heterocycles. The molecule has 1 aliphatic rings. The van der Waals surface area contributed by atoms with Crippen LogP contribution in [0.1, 0.15) is 36.5 Å². The molecule has 27 heavy (non-hydrogen) atoms. The lowest BCUT2D eigenvalue weighted by molar-refractivity contribution is -0.154. The summed E-state index contributed by atoms with van der Waals surface area (Å²) in [5.41, 5.74) is 0.190. The number of nitrogens with one attached hydrogen (secondary N) is 1. The monoisotopic (exact) mass is 409 g/mol. The molecule has 0 radical (unpaired) electrons. The molecule has 0 spiro atoms. The van der Waals surface area contributed by atoms with E-state index in [2.05, 4.69) is 15.0 Å². The molecule has 0 saturated carbocycles. The van der Waals surface area contributed by atoms with Gasteiger partial charge >= 0.3 is 6.18 Å². The van der Waals surface area contributed by atoms with E-state index in [0.29, 0.717) is 32.4 Å². The summed E-state index contributed by atoms with van der Waals surface area (Å²) in [5, 5.41) is 2.79. The number of rotatable bonds is 7. The normalized spacial score (nSPS) is 16.9. The number of nitrogens with zero attached hydrogens (tertiary/aromatic N) is 2. The van der Waals surface area contributed by atoms with Crippen LogP contribution in [0.15, 0.2) is 18.3 Å². The third-order valence-corrected chi connectivity index (χ3v) is 6.10. The first-order valence-corrected chi connectivity index (χ1v) is 10.2. The number of sulfonamides is 1. The summed E-state index contributed by atoms with van der Waals surface area (Å²) in [6, 6.07) is 2.35. The van der Waals surface area contributed by atoms with E-state index in [-0.39, 0.29) is 23.2 Å². The van der Waals surface area contributed by atoms with Crippen molar-refractivity contribution in [3.05, 3.63) is 23.9 Å². The average molecular weight is 409 g/mol. The molecule has 0 unspecified atom stereocenters. The maximum atomic E-state index is 12.2. The van der Waals surface area contributed by atoms with Crippen LogP contribution in [0.3, 0.4) is 0 Å². The highest BCUT2D eigenvalue weighted by Crippen LogP contribution is 2.18. The van der Waals surface area contributed by atoms with Crippen LogP contribution in [-0.4, -0.2) is 61.3 Å². The number of ether oxygens (including phenoxy) is 1. The molecule has 1 saturated heterocycles. The maximum Gasteiger partial charge on any atom is 0.422 e. The summed E-state index contributed by atoms with van der Waals surface area (Å²) >= 11 is 0. The second-order valence-electron chi connectivity index (χ2n) is 6.25. The van der Waals surface area contributed by atoms with E-state index in [0.717, 1.165) is 6.20 Å². The Morgan fingerprint density at radius 1 is 1.33 bits per heavy atom. The standard InChI is InChI=1S/C16H22F3N3O4S/c1-2-9-27(24,25)22-7-5-13(6-8-22)21-15(23)12-3-4-14(20-10-12)26-11-16(17,18)19/h3-4,10,13H,2,5-9,11H2,1H3,(H,21,23). The number of carbonyl (C=O) groups excluding carboxylic acids is 1. The Balaban J connectivity index is 1.84. The number of amides is 1. The predicted molar refractivity (Wildman–Crippen MR) is 91.9 cm³/mol. The van der Waals surface area contributed by atoms with E-state index in [4.69, 9.17) is 0 Å². The molecule has 2 rings (SSSR count). The van der Waals surface area contributed by atoms with Crippen LogP contribution in [-0.2, 0) is 10.0 Å². The molecule has 1 N–H and O–H groups in total. The summed E-state index contributed by atoms with van der Waals surface area (Å²) in [5.74, 6) is -0.531. The predicted octanol–water partition coefficient (Wildman–Crippen LogP) is 1.96. The van der Waals surface area contributed by atoms with E-state index in [9.17, 15) is 26.4 Å². The Bertz CT molecular complexity index is 730. The van der Waals surface area contributed by atoms with E-state index >= 15 is 0 Å². The first-order valence-electron chi connectivity index (χ1n) is 8.55. The third kappa shape index (κ3) is 6.65. The number of pyridine rings is 1. The molecule has 1 amide bonds. The number of carbonyl (C=O) groups is 1. The van der Waals surface area contributed by atoms with Crippen molar-refractivity contribution in [3.8, 4) is 5.88 Å². The van der Waals surface area contributed by atoms with E-state index in [1.165, 1.54) is 16.4 Å². The third-order valence-electron chi connectivity index (χ3n) is 4.03. The number of hydrogen-bond acceptors (Lipinski definition) is 5. The van der Waals surface area contributed by atoms with Crippen molar-refractivity contribution in [3.63, 3.8) is 0 Å². The van der Waals surface area contributed by atoms with Gasteiger partial charge in [-0.1, -0.05) is 6.92 Å². The zero-order valence-electron chi connectivity index (χ0n) is 14.8. The summed E-state index contributed by atoms with van der Waals surface area (Å²) in [7, 11) is -3.24. The van der Waals surface area contributed by atoms with Crippen LogP contribution in [0, 0.1) is 0 Å². The highest BCUT2D eigenvalue weighted by molar-refractivity contribution is 7.89. The van der Waals surface area contributed by atoms with Gasteiger partial charge in [-0.15, -0.1) is 0 Å². The highest BCUT2D eigenvalue weighted by Gasteiger charge is 2.29. The fraction of sp³-hybridized carbons (Fsp3) is 0.625. The SMILES string of the molecule is CCCS(=O)(=O)N1CCC(NC(=O)c2ccc(OCC(F)(F)F)nc2)CC1. The zero-order valence-corrected chi connectivity index (χ0v) is 15.6. The molecular formula is C16H22F3N3O4S. The van der Waals surface area contributed by atoms with Crippen molar-refractivity contribution in [1.82, 2.24) is 14.6 Å². The lowest BCUT2D eigenvalue weighted by atomic mass is 10.1. The van der Waals surface area contributed by atoms with E-state index < -0.39 is 28.7 Å². The molecule has 0 aliphatic carbocycles. The maximum absolute atomic E-state index is 12.2. The van der Waals surface area contributed by atoms with Crippen LogP contribution in [0.4, 0.5) is 13.2 Å². The Morgan fingerprint density at radius 3 is 2.52 bits per heavy atom. The lowest BCUT2D eigenvalue weighted by Gasteiger charge is -2.31. The topological polar surface area (TPSA) is 88.6 Å². The van der Waals surface area contributed by atoms with Gasteiger partial charge in [-0.05, 0) is 25.3 Å². The van der Waals surface area contributed by atoms with Gasteiger partial charge in [0, 0.05) is 31.4 Å². The molecular weight excluding hydrogens is 387 g/mol. The molecule has 11 heteroatoms. The van der Waals surface area contributed by atoms with Gasteiger partial charge in [0.1, 0.15) is 0 Å². The van der Waals surface area contributed by atoms with Crippen LogP contribution >= 0.6 is 0 Å². The minimum absolute atomic E-state index is 0.110. The molecule has 1 fully saturated rings. The van der Waals surface area contributed by atoms with Gasteiger partial charge in [-0.3, -0.25) is 4.79 Å². The second-order valence-corrected chi connectivity index (χ2v) is 8.34. The minimum atomic E-state index is -4.46. The number of piperidine rings is 1. The first kappa shape index (κ1) is 21.4. The molecule has 0 bridgehead atoms. The van der Waals surface area contributed by atoms with E-state index in [1.807, 2.05) is 0 Å². The summed E-state index contributed by atoms with van der Waals surface area (Å²) in [6.07, 6.45) is -1.78. The zero-order chi connectivity index (χ0) is 20.1. The molecule has 0 aromatic carbocycles. The molecule has 1 aromatic rings. The number of aromatic nitrogens is 1. The van der Waals surface area contributed by atoms with Crippen molar-refractivity contribution in [1.29, 1.82) is 0 Å². The molecule has 2 heterocycles. The van der Waals surface area contributed by atoms with Crippen LogP contribution in [0.2, 0.25) is 0 Å². The van der Waals surface area contributed by atoms with Gasteiger partial charge in [0.05, 0.1) is 11.3 Å². The number of hydrogen-bond donors (Lipinski definition) is 1. The average Bonchev–Trinajstić information content (AvgIpc) is 2.60. The Labute approximate surface area is 156 Å². The lowest BCUT2D eigenvalue weighted by Crippen LogP contribution is -2.47. The molecule has 7 nitrogen and oxygen atoms in total. The van der Waals surface area contributed by atoms with Gasteiger partial charge in [-0.2, -0.15) is 13.2 Å². The minimum Gasteiger partial charge on any atom is -0.468 e. The van der Waals surface area contributed by atoms with Crippen LogP contribution in [0.25, 0.3) is 0 Å². The van der Waals surface area contributed by atoms with Gasteiger partial charge in [0.2, 0.25) is 15.9 Å². The molecule has 0 atom stereocenters. The smallest absolute Gasteiger partial charge is 0.422 e. The Kier molecular flexibility index (Phi) is 7.04. The quantitative estimate of drug-likeness (QED) is 0.744. The van der Waals surface area contributed by atoms with Crippen molar-refractivity contribution in [2.75, 3.05) is 25.4 Å². The van der Waals surface area contributed by atoms with E-state index in [1.54, 1.807) is 6.92 Å². The highest BCUT2D eigenvalue weighted by atomic mass is 32.2. The van der Waals surface area contributed by atoms with Gasteiger partial charge in [0.25, 0.3) is 5.91 Å². The van der Waals surface area contributed by atoms with Gasteiger partial charge < -0.3 is 10.1 Å². The van der Waals surface area contributed by atoms with Crippen molar-refractivity contribution >= 4 is 15.9 Å². The second kappa shape index (κ2) is 8.87. The fourth-order valence-corrected chi connectivity index (χ4v) is 4.23. The van der Waals surface area contributed by atoms with Gasteiger partial charge in [0.15, 0.2) is 6.61 Å². The first-order chi connectivity index (χ1) is 12.6. The summed E-state index contributed by atoms with van der Waals surface area (Å²) in [4.78, 5) is 15.9. The Hall–Kier alpha value is -1.88. The number of halogens is 3.